The lowest BCUT2D eigenvalue weighted by molar-refractivity contribution is -0.135. The van der Waals surface area contributed by atoms with Crippen molar-refractivity contribution in [3.05, 3.63) is 0 Å². The van der Waals surface area contributed by atoms with E-state index >= 15 is 0 Å². The third-order valence-electron chi connectivity index (χ3n) is 3.39. The van der Waals surface area contributed by atoms with Crippen LogP contribution in [-0.2, 0) is 4.79 Å². The van der Waals surface area contributed by atoms with Gasteiger partial charge < -0.3 is 4.90 Å². The number of likely N-dealkylation sites (tertiary alicyclic amines) is 1. The summed E-state index contributed by atoms with van der Waals surface area (Å²) in [5.41, 5.74) is 0. The second-order valence-electron chi connectivity index (χ2n) is 5.07. The second-order valence-corrected chi connectivity index (χ2v) is 5.07. The molecule has 0 saturated carbocycles. The number of piperidine rings is 1. The molecule has 0 bridgehead atoms. The lowest BCUT2D eigenvalue weighted by Gasteiger charge is -2.33. The summed E-state index contributed by atoms with van der Waals surface area (Å²) in [4.78, 5) is 13.8. The maximum absolute atomic E-state index is 11.7. The standard InChI is InChI=1S/C13H25NO/c1-4-5-6-12-7-9-14(10-8-12)13(15)11(2)3/h11-12H,4-10H2,1-3H3. The van der Waals surface area contributed by atoms with E-state index in [1.165, 1.54) is 32.1 Å². The van der Waals surface area contributed by atoms with Crippen LogP contribution in [0.15, 0.2) is 0 Å². The SMILES string of the molecule is CCCCC1CCN(C(=O)C(C)C)CC1. The van der Waals surface area contributed by atoms with Gasteiger partial charge in [0.2, 0.25) is 5.91 Å². The van der Waals surface area contributed by atoms with Gasteiger partial charge in [-0.05, 0) is 18.8 Å². The molecular formula is C13H25NO. The van der Waals surface area contributed by atoms with E-state index in [4.69, 9.17) is 0 Å². The molecule has 0 aromatic heterocycles. The van der Waals surface area contributed by atoms with Crippen molar-refractivity contribution in [2.45, 2.75) is 52.9 Å². The highest BCUT2D eigenvalue weighted by Crippen LogP contribution is 2.23. The molecule has 1 fully saturated rings. The van der Waals surface area contributed by atoms with Gasteiger partial charge in [0.15, 0.2) is 0 Å². The fraction of sp³-hybridized carbons (Fsp3) is 0.923. The highest BCUT2D eigenvalue weighted by atomic mass is 16.2. The van der Waals surface area contributed by atoms with Crippen molar-refractivity contribution < 1.29 is 4.79 Å². The van der Waals surface area contributed by atoms with Crippen LogP contribution in [0.5, 0.6) is 0 Å². The summed E-state index contributed by atoms with van der Waals surface area (Å²) < 4.78 is 0. The van der Waals surface area contributed by atoms with Crippen LogP contribution in [0.2, 0.25) is 0 Å². The maximum atomic E-state index is 11.7. The highest BCUT2D eigenvalue weighted by molar-refractivity contribution is 5.78. The number of rotatable bonds is 4. The van der Waals surface area contributed by atoms with Gasteiger partial charge in [-0.1, -0.05) is 40.0 Å². The number of unbranched alkanes of at least 4 members (excludes halogenated alkanes) is 1. The smallest absolute Gasteiger partial charge is 0.225 e. The summed E-state index contributed by atoms with van der Waals surface area (Å²) in [5.74, 6) is 1.38. The van der Waals surface area contributed by atoms with E-state index in [0.717, 1.165) is 19.0 Å². The molecule has 1 rings (SSSR count). The van der Waals surface area contributed by atoms with E-state index in [1.807, 2.05) is 18.7 Å². The molecule has 1 aliphatic rings. The molecule has 0 aliphatic carbocycles. The third kappa shape index (κ3) is 3.84. The second kappa shape index (κ2) is 6.14. The number of nitrogens with zero attached hydrogens (tertiary/aromatic N) is 1. The van der Waals surface area contributed by atoms with Crippen molar-refractivity contribution in [2.75, 3.05) is 13.1 Å². The Morgan fingerprint density at radius 3 is 2.40 bits per heavy atom. The Kier molecular flexibility index (Phi) is 5.13. The van der Waals surface area contributed by atoms with Crippen LogP contribution in [0.1, 0.15) is 52.9 Å². The van der Waals surface area contributed by atoms with Crippen LogP contribution >= 0.6 is 0 Å². The predicted octanol–water partition coefficient (Wildman–Crippen LogP) is 3.07. The minimum Gasteiger partial charge on any atom is -0.342 e. The Hall–Kier alpha value is -0.530. The molecule has 2 nitrogen and oxygen atoms in total. The predicted molar refractivity (Wildman–Crippen MR) is 63.7 cm³/mol. The van der Waals surface area contributed by atoms with Crippen LogP contribution in [0.4, 0.5) is 0 Å². The number of hydrogen-bond donors (Lipinski definition) is 0. The van der Waals surface area contributed by atoms with Gasteiger partial charge in [-0.3, -0.25) is 4.79 Å². The Labute approximate surface area is 94.0 Å². The van der Waals surface area contributed by atoms with Crippen molar-refractivity contribution in [3.63, 3.8) is 0 Å². The molecule has 1 amide bonds. The number of carbonyl (C=O) groups excluding carboxylic acids is 1. The topological polar surface area (TPSA) is 20.3 Å². The van der Waals surface area contributed by atoms with E-state index in [-0.39, 0.29) is 5.92 Å². The minimum absolute atomic E-state index is 0.164. The van der Waals surface area contributed by atoms with Gasteiger partial charge in [-0.15, -0.1) is 0 Å². The van der Waals surface area contributed by atoms with E-state index in [1.54, 1.807) is 0 Å². The molecule has 88 valence electrons. The first-order chi connectivity index (χ1) is 7.15. The van der Waals surface area contributed by atoms with Crippen LogP contribution in [-0.4, -0.2) is 23.9 Å². The molecule has 1 heterocycles. The van der Waals surface area contributed by atoms with E-state index in [9.17, 15) is 4.79 Å². The normalized spacial score (nSPS) is 18.5. The quantitative estimate of drug-likeness (QED) is 0.700. The molecule has 0 aromatic rings. The number of carbonyl (C=O) groups is 1. The fourth-order valence-electron chi connectivity index (χ4n) is 2.30. The molecule has 2 heteroatoms. The zero-order valence-electron chi connectivity index (χ0n) is 10.5. The minimum atomic E-state index is 0.164. The third-order valence-corrected chi connectivity index (χ3v) is 3.39. The summed E-state index contributed by atoms with van der Waals surface area (Å²) >= 11 is 0. The monoisotopic (exact) mass is 211 g/mol. The molecule has 15 heavy (non-hydrogen) atoms. The van der Waals surface area contributed by atoms with Crippen LogP contribution in [0.25, 0.3) is 0 Å². The van der Waals surface area contributed by atoms with Gasteiger partial charge in [0.1, 0.15) is 0 Å². The molecular weight excluding hydrogens is 186 g/mol. The van der Waals surface area contributed by atoms with Gasteiger partial charge in [0, 0.05) is 19.0 Å². The first-order valence-electron chi connectivity index (χ1n) is 6.44. The van der Waals surface area contributed by atoms with E-state index < -0.39 is 0 Å². The molecule has 1 saturated heterocycles. The number of hydrogen-bond acceptors (Lipinski definition) is 1. The van der Waals surface area contributed by atoms with Gasteiger partial charge in [-0.2, -0.15) is 0 Å². The number of amides is 1. The van der Waals surface area contributed by atoms with Crippen LogP contribution < -0.4 is 0 Å². The zero-order valence-corrected chi connectivity index (χ0v) is 10.5. The Balaban J connectivity index is 2.26. The molecule has 0 unspecified atom stereocenters. The fourth-order valence-corrected chi connectivity index (χ4v) is 2.30. The van der Waals surface area contributed by atoms with E-state index in [0.29, 0.717) is 5.91 Å². The molecule has 1 aliphatic heterocycles. The Bertz CT molecular complexity index is 193. The highest BCUT2D eigenvalue weighted by Gasteiger charge is 2.23. The lowest BCUT2D eigenvalue weighted by atomic mass is 9.91. The summed E-state index contributed by atoms with van der Waals surface area (Å²) in [5, 5.41) is 0. The van der Waals surface area contributed by atoms with Crippen molar-refractivity contribution in [1.82, 2.24) is 4.90 Å². The largest absolute Gasteiger partial charge is 0.342 e. The van der Waals surface area contributed by atoms with Gasteiger partial charge in [0.25, 0.3) is 0 Å². The Morgan fingerprint density at radius 1 is 1.33 bits per heavy atom. The average molecular weight is 211 g/mol. The molecule has 0 aromatic carbocycles. The molecule has 0 atom stereocenters. The van der Waals surface area contributed by atoms with Crippen molar-refractivity contribution in [1.29, 1.82) is 0 Å². The first-order valence-corrected chi connectivity index (χ1v) is 6.44. The van der Waals surface area contributed by atoms with E-state index in [2.05, 4.69) is 6.92 Å². The average Bonchev–Trinajstić information content (AvgIpc) is 2.26. The molecule has 0 spiro atoms. The first kappa shape index (κ1) is 12.5. The molecule has 0 N–H and O–H groups in total. The maximum Gasteiger partial charge on any atom is 0.225 e. The van der Waals surface area contributed by atoms with Crippen molar-refractivity contribution >= 4 is 5.91 Å². The van der Waals surface area contributed by atoms with Gasteiger partial charge in [0.05, 0.1) is 0 Å². The summed E-state index contributed by atoms with van der Waals surface area (Å²) in [6.07, 6.45) is 6.45. The van der Waals surface area contributed by atoms with Crippen LogP contribution in [0.3, 0.4) is 0 Å². The van der Waals surface area contributed by atoms with Crippen LogP contribution in [0, 0.1) is 11.8 Å². The zero-order chi connectivity index (χ0) is 11.3. The van der Waals surface area contributed by atoms with Gasteiger partial charge >= 0.3 is 0 Å². The molecule has 0 radical (unpaired) electrons. The van der Waals surface area contributed by atoms with Crippen molar-refractivity contribution in [3.8, 4) is 0 Å². The summed E-state index contributed by atoms with van der Waals surface area (Å²) in [6.45, 7) is 8.21. The Morgan fingerprint density at radius 2 is 1.93 bits per heavy atom. The summed E-state index contributed by atoms with van der Waals surface area (Å²) in [7, 11) is 0. The van der Waals surface area contributed by atoms with Crippen molar-refractivity contribution in [2.24, 2.45) is 11.8 Å². The lowest BCUT2D eigenvalue weighted by Crippen LogP contribution is -2.40. The van der Waals surface area contributed by atoms with Gasteiger partial charge in [-0.25, -0.2) is 0 Å². The summed E-state index contributed by atoms with van der Waals surface area (Å²) in [6, 6.07) is 0.